The van der Waals surface area contributed by atoms with E-state index < -0.39 is 0 Å². The molecule has 0 spiro atoms. The van der Waals surface area contributed by atoms with E-state index in [2.05, 4.69) is 19.2 Å². The fraction of sp³-hybridized carbons (Fsp3) is 1.00. The summed E-state index contributed by atoms with van der Waals surface area (Å²) in [6.45, 7) is 6.39. The highest BCUT2D eigenvalue weighted by Crippen LogP contribution is 2.30. The van der Waals surface area contributed by atoms with Crippen LogP contribution in [-0.2, 0) is 0 Å². The van der Waals surface area contributed by atoms with Gasteiger partial charge in [-0.2, -0.15) is 0 Å². The Labute approximate surface area is 94.5 Å². The molecule has 0 heterocycles. The van der Waals surface area contributed by atoms with Gasteiger partial charge in [-0.3, -0.25) is 0 Å². The van der Waals surface area contributed by atoms with Crippen molar-refractivity contribution in [3.63, 3.8) is 0 Å². The van der Waals surface area contributed by atoms with Gasteiger partial charge in [0.05, 0.1) is 5.60 Å². The number of hydrogen-bond acceptors (Lipinski definition) is 2. The summed E-state index contributed by atoms with van der Waals surface area (Å²) < 4.78 is 0. The third-order valence-electron chi connectivity index (χ3n) is 3.71. The van der Waals surface area contributed by atoms with Gasteiger partial charge >= 0.3 is 0 Å². The van der Waals surface area contributed by atoms with Crippen molar-refractivity contribution in [2.75, 3.05) is 13.1 Å². The van der Waals surface area contributed by atoms with Crippen LogP contribution in [0.1, 0.15) is 58.8 Å². The van der Waals surface area contributed by atoms with Crippen LogP contribution in [0.3, 0.4) is 0 Å². The topological polar surface area (TPSA) is 32.3 Å². The van der Waals surface area contributed by atoms with Crippen LogP contribution in [0.25, 0.3) is 0 Å². The van der Waals surface area contributed by atoms with Crippen LogP contribution in [0, 0.1) is 5.92 Å². The molecule has 0 radical (unpaired) electrons. The van der Waals surface area contributed by atoms with Crippen molar-refractivity contribution in [3.05, 3.63) is 0 Å². The van der Waals surface area contributed by atoms with Crippen LogP contribution in [0.5, 0.6) is 0 Å². The molecule has 1 saturated carbocycles. The highest BCUT2D eigenvalue weighted by atomic mass is 16.3. The van der Waals surface area contributed by atoms with E-state index in [0.717, 1.165) is 31.8 Å². The first-order chi connectivity index (χ1) is 7.20. The first kappa shape index (κ1) is 13.0. The molecule has 1 atom stereocenters. The van der Waals surface area contributed by atoms with Crippen molar-refractivity contribution in [1.29, 1.82) is 0 Å². The van der Waals surface area contributed by atoms with E-state index in [4.69, 9.17) is 0 Å². The van der Waals surface area contributed by atoms with Crippen molar-refractivity contribution in [1.82, 2.24) is 5.32 Å². The van der Waals surface area contributed by atoms with E-state index in [9.17, 15) is 5.11 Å². The number of nitrogens with one attached hydrogen (secondary N) is 1. The Bertz CT molecular complexity index is 166. The molecule has 90 valence electrons. The van der Waals surface area contributed by atoms with Crippen LogP contribution < -0.4 is 5.32 Å². The molecule has 0 aromatic heterocycles. The average molecular weight is 213 g/mol. The lowest BCUT2D eigenvalue weighted by molar-refractivity contribution is -0.0317. The second-order valence-electron chi connectivity index (χ2n) is 5.13. The molecule has 1 aliphatic carbocycles. The fourth-order valence-electron chi connectivity index (χ4n) is 2.21. The van der Waals surface area contributed by atoms with Crippen molar-refractivity contribution >= 4 is 0 Å². The molecule has 2 heteroatoms. The minimum absolute atomic E-state index is 0.358. The number of hydrogen-bond donors (Lipinski definition) is 2. The maximum absolute atomic E-state index is 9.91. The van der Waals surface area contributed by atoms with Gasteiger partial charge in [-0.15, -0.1) is 0 Å². The molecule has 0 bridgehead atoms. The highest BCUT2D eigenvalue weighted by Gasteiger charge is 2.33. The second-order valence-corrected chi connectivity index (χ2v) is 5.13. The molecular formula is C13H27NO. The standard InChI is InChI=1S/C13H27NO/c1-3-5-7-12(4-2)10-14-11-13(15)8-6-9-13/h12,14-15H,3-11H2,1-2H3. The van der Waals surface area contributed by atoms with Gasteiger partial charge in [0.15, 0.2) is 0 Å². The van der Waals surface area contributed by atoms with Gasteiger partial charge in [0.25, 0.3) is 0 Å². The van der Waals surface area contributed by atoms with Crippen molar-refractivity contribution in [2.45, 2.75) is 64.4 Å². The maximum Gasteiger partial charge on any atom is 0.0771 e. The Kier molecular flexibility index (Phi) is 5.62. The summed E-state index contributed by atoms with van der Waals surface area (Å²) in [5.41, 5.74) is -0.358. The van der Waals surface area contributed by atoms with Crippen LogP contribution in [0.4, 0.5) is 0 Å². The molecule has 0 amide bonds. The van der Waals surface area contributed by atoms with Gasteiger partial charge in [-0.05, 0) is 38.1 Å². The van der Waals surface area contributed by atoms with Gasteiger partial charge in [0.1, 0.15) is 0 Å². The van der Waals surface area contributed by atoms with Crippen LogP contribution in [-0.4, -0.2) is 23.8 Å². The normalized spacial score (nSPS) is 21.0. The Morgan fingerprint density at radius 3 is 2.53 bits per heavy atom. The smallest absolute Gasteiger partial charge is 0.0771 e. The molecule has 0 saturated heterocycles. The Hall–Kier alpha value is -0.0800. The van der Waals surface area contributed by atoms with Gasteiger partial charge in [-0.1, -0.05) is 33.1 Å². The SMILES string of the molecule is CCCCC(CC)CNCC1(O)CCC1. The number of aliphatic hydroxyl groups is 1. The van der Waals surface area contributed by atoms with Crippen molar-refractivity contribution < 1.29 is 5.11 Å². The van der Waals surface area contributed by atoms with Crippen molar-refractivity contribution in [2.24, 2.45) is 5.92 Å². The van der Waals surface area contributed by atoms with Gasteiger partial charge in [-0.25, -0.2) is 0 Å². The van der Waals surface area contributed by atoms with Crippen LogP contribution in [0.15, 0.2) is 0 Å². The van der Waals surface area contributed by atoms with E-state index >= 15 is 0 Å². The van der Waals surface area contributed by atoms with E-state index in [0.29, 0.717) is 0 Å². The molecule has 2 N–H and O–H groups in total. The molecule has 1 fully saturated rings. The number of unbranched alkanes of at least 4 members (excludes halogenated alkanes) is 1. The summed E-state index contributed by atoms with van der Waals surface area (Å²) in [6, 6.07) is 0. The zero-order chi connectivity index (χ0) is 11.1. The number of rotatable bonds is 8. The van der Waals surface area contributed by atoms with Gasteiger partial charge in [0.2, 0.25) is 0 Å². The molecule has 1 unspecified atom stereocenters. The zero-order valence-electron chi connectivity index (χ0n) is 10.4. The Morgan fingerprint density at radius 2 is 2.07 bits per heavy atom. The quantitative estimate of drug-likeness (QED) is 0.650. The predicted octanol–water partition coefficient (Wildman–Crippen LogP) is 2.71. The summed E-state index contributed by atoms with van der Waals surface area (Å²) in [4.78, 5) is 0. The molecule has 0 aromatic carbocycles. The van der Waals surface area contributed by atoms with E-state index in [-0.39, 0.29) is 5.60 Å². The molecule has 0 aliphatic heterocycles. The zero-order valence-corrected chi connectivity index (χ0v) is 10.4. The largest absolute Gasteiger partial charge is 0.389 e. The Balaban J connectivity index is 2.05. The van der Waals surface area contributed by atoms with E-state index in [1.807, 2.05) is 0 Å². The minimum Gasteiger partial charge on any atom is -0.389 e. The fourth-order valence-corrected chi connectivity index (χ4v) is 2.21. The maximum atomic E-state index is 9.91. The summed E-state index contributed by atoms with van der Waals surface area (Å²) >= 11 is 0. The van der Waals surface area contributed by atoms with E-state index in [1.165, 1.54) is 32.1 Å². The summed E-state index contributed by atoms with van der Waals surface area (Å²) in [7, 11) is 0. The van der Waals surface area contributed by atoms with Crippen molar-refractivity contribution in [3.8, 4) is 0 Å². The highest BCUT2D eigenvalue weighted by molar-refractivity contribution is 4.89. The molecule has 1 aliphatic rings. The first-order valence-corrected chi connectivity index (χ1v) is 6.63. The third-order valence-corrected chi connectivity index (χ3v) is 3.71. The van der Waals surface area contributed by atoms with Gasteiger partial charge in [0, 0.05) is 6.54 Å². The molecule has 0 aromatic rings. The lowest BCUT2D eigenvalue weighted by atomic mass is 9.80. The lowest BCUT2D eigenvalue weighted by Gasteiger charge is -2.37. The summed E-state index contributed by atoms with van der Waals surface area (Å²) in [5, 5.41) is 13.3. The second kappa shape index (κ2) is 6.49. The van der Waals surface area contributed by atoms with E-state index in [1.54, 1.807) is 0 Å². The predicted molar refractivity (Wildman–Crippen MR) is 65.0 cm³/mol. The molecule has 15 heavy (non-hydrogen) atoms. The minimum atomic E-state index is -0.358. The van der Waals surface area contributed by atoms with Crippen LogP contribution >= 0.6 is 0 Å². The summed E-state index contributed by atoms with van der Waals surface area (Å²) in [6.07, 6.45) is 8.40. The lowest BCUT2D eigenvalue weighted by Crippen LogP contribution is -2.47. The van der Waals surface area contributed by atoms with Crippen LogP contribution in [0.2, 0.25) is 0 Å². The molecule has 2 nitrogen and oxygen atoms in total. The van der Waals surface area contributed by atoms with Gasteiger partial charge < -0.3 is 10.4 Å². The molecule has 1 rings (SSSR count). The summed E-state index contributed by atoms with van der Waals surface area (Å²) in [5.74, 6) is 0.800. The average Bonchev–Trinajstić information content (AvgIpc) is 2.20. The third kappa shape index (κ3) is 4.52. The monoisotopic (exact) mass is 213 g/mol. The Morgan fingerprint density at radius 1 is 1.33 bits per heavy atom. The first-order valence-electron chi connectivity index (χ1n) is 6.63. The molecular weight excluding hydrogens is 186 g/mol.